The highest BCUT2D eigenvalue weighted by molar-refractivity contribution is 5.52. The SMILES string of the molecule is COc1ccc(/C=C/C=C2CCCCC2)cc1. The van der Waals surface area contributed by atoms with E-state index < -0.39 is 0 Å². The molecule has 1 aromatic carbocycles. The van der Waals surface area contributed by atoms with Crippen molar-refractivity contribution in [3.8, 4) is 5.75 Å². The molecule has 1 fully saturated rings. The molecular formula is C16H20O. The number of methoxy groups -OCH3 is 1. The van der Waals surface area contributed by atoms with Crippen LogP contribution in [0.3, 0.4) is 0 Å². The van der Waals surface area contributed by atoms with Crippen molar-refractivity contribution in [2.24, 2.45) is 0 Å². The second kappa shape index (κ2) is 6.29. The molecule has 1 aliphatic rings. The molecule has 90 valence electrons. The number of ether oxygens (including phenoxy) is 1. The molecule has 2 rings (SSSR count). The molecule has 0 atom stereocenters. The maximum Gasteiger partial charge on any atom is 0.118 e. The van der Waals surface area contributed by atoms with Crippen LogP contribution in [-0.2, 0) is 0 Å². The minimum atomic E-state index is 0.910. The molecule has 1 saturated carbocycles. The van der Waals surface area contributed by atoms with Crippen LogP contribution in [0.4, 0.5) is 0 Å². The van der Waals surface area contributed by atoms with Crippen LogP contribution in [0.15, 0.2) is 42.0 Å². The minimum Gasteiger partial charge on any atom is -0.497 e. The Balaban J connectivity index is 1.94. The molecule has 0 saturated heterocycles. The van der Waals surface area contributed by atoms with Crippen LogP contribution in [0.25, 0.3) is 6.08 Å². The number of hydrogen-bond acceptors (Lipinski definition) is 1. The van der Waals surface area contributed by atoms with Crippen LogP contribution in [0.5, 0.6) is 5.75 Å². The van der Waals surface area contributed by atoms with Crippen LogP contribution in [0.1, 0.15) is 37.7 Å². The highest BCUT2D eigenvalue weighted by atomic mass is 16.5. The van der Waals surface area contributed by atoms with Gasteiger partial charge in [-0.15, -0.1) is 0 Å². The molecule has 0 aromatic heterocycles. The molecule has 1 nitrogen and oxygen atoms in total. The average Bonchev–Trinajstić information content (AvgIpc) is 2.41. The Hall–Kier alpha value is -1.50. The van der Waals surface area contributed by atoms with Crippen LogP contribution in [0, 0.1) is 0 Å². The molecule has 1 aromatic rings. The summed E-state index contributed by atoms with van der Waals surface area (Å²) in [5.74, 6) is 0.910. The van der Waals surface area contributed by atoms with E-state index in [2.05, 4.69) is 30.4 Å². The zero-order valence-electron chi connectivity index (χ0n) is 10.5. The molecule has 0 bridgehead atoms. The van der Waals surface area contributed by atoms with E-state index >= 15 is 0 Å². The van der Waals surface area contributed by atoms with E-state index in [1.807, 2.05) is 12.1 Å². The molecule has 0 heterocycles. The Morgan fingerprint density at radius 3 is 2.35 bits per heavy atom. The summed E-state index contributed by atoms with van der Waals surface area (Å²) in [6.45, 7) is 0. The molecule has 0 unspecified atom stereocenters. The molecule has 1 aliphatic carbocycles. The Morgan fingerprint density at radius 2 is 1.71 bits per heavy atom. The van der Waals surface area contributed by atoms with Gasteiger partial charge in [0.1, 0.15) is 5.75 Å². The first-order chi connectivity index (χ1) is 8.38. The number of benzene rings is 1. The minimum absolute atomic E-state index is 0.910. The van der Waals surface area contributed by atoms with Crippen molar-refractivity contribution in [2.75, 3.05) is 7.11 Å². The lowest BCUT2D eigenvalue weighted by atomic mass is 9.94. The van der Waals surface area contributed by atoms with E-state index in [-0.39, 0.29) is 0 Å². The van der Waals surface area contributed by atoms with E-state index in [0.717, 1.165) is 5.75 Å². The third-order valence-corrected chi connectivity index (χ3v) is 3.23. The Kier molecular flexibility index (Phi) is 4.43. The molecule has 0 amide bonds. The van der Waals surface area contributed by atoms with E-state index in [1.165, 1.54) is 37.7 Å². The summed E-state index contributed by atoms with van der Waals surface area (Å²) in [4.78, 5) is 0. The van der Waals surface area contributed by atoms with Gasteiger partial charge in [0, 0.05) is 0 Å². The van der Waals surface area contributed by atoms with Gasteiger partial charge in [-0.1, -0.05) is 42.4 Å². The second-order valence-corrected chi connectivity index (χ2v) is 4.52. The van der Waals surface area contributed by atoms with Crippen LogP contribution in [-0.4, -0.2) is 7.11 Å². The quantitative estimate of drug-likeness (QED) is 0.734. The lowest BCUT2D eigenvalue weighted by Gasteiger charge is -2.12. The summed E-state index contributed by atoms with van der Waals surface area (Å²) >= 11 is 0. The second-order valence-electron chi connectivity index (χ2n) is 4.52. The van der Waals surface area contributed by atoms with Crippen LogP contribution in [0.2, 0.25) is 0 Å². The van der Waals surface area contributed by atoms with Gasteiger partial charge in [-0.3, -0.25) is 0 Å². The first-order valence-electron chi connectivity index (χ1n) is 6.38. The molecule has 0 N–H and O–H groups in total. The van der Waals surface area contributed by atoms with Gasteiger partial charge in [0.05, 0.1) is 7.11 Å². The molecule has 1 heteroatoms. The fourth-order valence-electron chi connectivity index (χ4n) is 2.18. The third kappa shape index (κ3) is 3.77. The van der Waals surface area contributed by atoms with Gasteiger partial charge in [-0.05, 0) is 43.4 Å². The first-order valence-corrected chi connectivity index (χ1v) is 6.38. The van der Waals surface area contributed by atoms with E-state index in [9.17, 15) is 0 Å². The molecule has 0 aliphatic heterocycles. The topological polar surface area (TPSA) is 9.23 Å². The van der Waals surface area contributed by atoms with Crippen molar-refractivity contribution in [2.45, 2.75) is 32.1 Å². The molecular weight excluding hydrogens is 208 g/mol. The van der Waals surface area contributed by atoms with Crippen LogP contribution >= 0.6 is 0 Å². The molecule has 0 radical (unpaired) electrons. The van der Waals surface area contributed by atoms with Gasteiger partial charge in [-0.2, -0.15) is 0 Å². The lowest BCUT2D eigenvalue weighted by Crippen LogP contribution is -1.92. The summed E-state index contributed by atoms with van der Waals surface area (Å²) in [5.41, 5.74) is 2.82. The Labute approximate surface area is 104 Å². The average molecular weight is 228 g/mol. The van der Waals surface area contributed by atoms with Gasteiger partial charge >= 0.3 is 0 Å². The Morgan fingerprint density at radius 1 is 1.00 bits per heavy atom. The summed E-state index contributed by atoms with van der Waals surface area (Å²) in [7, 11) is 1.69. The van der Waals surface area contributed by atoms with E-state index in [0.29, 0.717) is 0 Å². The number of hydrogen-bond donors (Lipinski definition) is 0. The Bertz CT molecular complexity index is 390. The summed E-state index contributed by atoms with van der Waals surface area (Å²) < 4.78 is 5.13. The molecule has 17 heavy (non-hydrogen) atoms. The van der Waals surface area contributed by atoms with Crippen LogP contribution < -0.4 is 4.74 Å². The first kappa shape index (κ1) is 12.0. The maximum absolute atomic E-state index is 5.13. The summed E-state index contributed by atoms with van der Waals surface area (Å²) in [6, 6.07) is 8.14. The third-order valence-electron chi connectivity index (χ3n) is 3.23. The van der Waals surface area contributed by atoms with E-state index in [4.69, 9.17) is 4.74 Å². The largest absolute Gasteiger partial charge is 0.497 e. The summed E-state index contributed by atoms with van der Waals surface area (Å²) in [6.07, 6.45) is 13.3. The lowest BCUT2D eigenvalue weighted by molar-refractivity contribution is 0.415. The zero-order chi connectivity index (χ0) is 11.9. The maximum atomic E-state index is 5.13. The highest BCUT2D eigenvalue weighted by Crippen LogP contribution is 2.22. The van der Waals surface area contributed by atoms with Crippen molar-refractivity contribution in [3.63, 3.8) is 0 Å². The van der Waals surface area contributed by atoms with Gasteiger partial charge in [0.15, 0.2) is 0 Å². The predicted molar refractivity (Wildman–Crippen MR) is 73.2 cm³/mol. The number of allylic oxidation sites excluding steroid dienone is 3. The molecule has 0 spiro atoms. The van der Waals surface area contributed by atoms with Gasteiger partial charge in [0.2, 0.25) is 0 Å². The van der Waals surface area contributed by atoms with Crippen molar-refractivity contribution in [1.82, 2.24) is 0 Å². The van der Waals surface area contributed by atoms with Gasteiger partial charge < -0.3 is 4.74 Å². The van der Waals surface area contributed by atoms with Gasteiger partial charge in [-0.25, -0.2) is 0 Å². The zero-order valence-corrected chi connectivity index (χ0v) is 10.5. The smallest absolute Gasteiger partial charge is 0.118 e. The van der Waals surface area contributed by atoms with Crippen molar-refractivity contribution < 1.29 is 4.74 Å². The van der Waals surface area contributed by atoms with Crippen molar-refractivity contribution >= 4 is 6.08 Å². The van der Waals surface area contributed by atoms with Crippen molar-refractivity contribution in [3.05, 3.63) is 47.6 Å². The normalized spacial score (nSPS) is 16.2. The standard InChI is InChI=1S/C16H20O/c1-17-16-12-10-15(11-13-16)9-5-8-14-6-3-2-4-7-14/h5,8-13H,2-4,6-7H2,1H3/b9-5+. The predicted octanol–water partition coefficient (Wildman–Crippen LogP) is 4.60. The van der Waals surface area contributed by atoms with E-state index in [1.54, 1.807) is 12.7 Å². The fourth-order valence-corrected chi connectivity index (χ4v) is 2.18. The monoisotopic (exact) mass is 228 g/mol. The highest BCUT2D eigenvalue weighted by Gasteiger charge is 2.02. The number of rotatable bonds is 3. The van der Waals surface area contributed by atoms with Crippen molar-refractivity contribution in [1.29, 1.82) is 0 Å². The fraction of sp³-hybridized carbons (Fsp3) is 0.375. The van der Waals surface area contributed by atoms with Gasteiger partial charge in [0.25, 0.3) is 0 Å². The summed E-state index contributed by atoms with van der Waals surface area (Å²) in [5, 5.41) is 0.